The third kappa shape index (κ3) is 5.37. The van der Waals surface area contributed by atoms with Crippen molar-refractivity contribution in [3.05, 3.63) is 12.7 Å². The van der Waals surface area contributed by atoms with E-state index in [1.807, 2.05) is 6.08 Å². The van der Waals surface area contributed by atoms with Gasteiger partial charge in [-0.15, -0.1) is 6.58 Å². The fraction of sp³-hybridized carbons (Fsp3) is 0.818. The summed E-state index contributed by atoms with van der Waals surface area (Å²) in [5, 5.41) is 3.37. The fourth-order valence-corrected chi connectivity index (χ4v) is 1.46. The van der Waals surface area contributed by atoms with Gasteiger partial charge >= 0.3 is 0 Å². The van der Waals surface area contributed by atoms with Crippen molar-refractivity contribution < 1.29 is 9.47 Å². The highest BCUT2D eigenvalue weighted by molar-refractivity contribution is 4.67. The van der Waals surface area contributed by atoms with Crippen molar-refractivity contribution in [2.24, 2.45) is 5.92 Å². The van der Waals surface area contributed by atoms with Crippen molar-refractivity contribution in [1.82, 2.24) is 5.32 Å². The largest absolute Gasteiger partial charge is 0.381 e. The van der Waals surface area contributed by atoms with Crippen LogP contribution in [0.5, 0.6) is 0 Å². The number of rotatable bonds is 8. The lowest BCUT2D eigenvalue weighted by atomic mass is 10.1. The van der Waals surface area contributed by atoms with E-state index < -0.39 is 0 Å². The highest BCUT2D eigenvalue weighted by atomic mass is 16.5. The molecule has 1 atom stereocenters. The fourth-order valence-electron chi connectivity index (χ4n) is 1.46. The Kier molecular flexibility index (Phi) is 6.66. The van der Waals surface area contributed by atoms with Crippen molar-refractivity contribution in [1.29, 1.82) is 0 Å². The summed E-state index contributed by atoms with van der Waals surface area (Å²) in [7, 11) is 0. The molecule has 0 aliphatic carbocycles. The second-order valence-corrected chi connectivity index (χ2v) is 3.62. The molecule has 0 saturated carbocycles. The predicted octanol–water partition coefficient (Wildman–Crippen LogP) is 1.21. The van der Waals surface area contributed by atoms with Gasteiger partial charge in [0, 0.05) is 19.7 Å². The first-order valence-electron chi connectivity index (χ1n) is 5.40. The summed E-state index contributed by atoms with van der Waals surface area (Å²) >= 11 is 0. The summed E-state index contributed by atoms with van der Waals surface area (Å²) in [5.41, 5.74) is 0. The predicted molar refractivity (Wildman–Crippen MR) is 57.4 cm³/mol. The van der Waals surface area contributed by atoms with Crippen molar-refractivity contribution in [3.8, 4) is 0 Å². The maximum atomic E-state index is 5.37. The average molecular weight is 199 g/mol. The van der Waals surface area contributed by atoms with Gasteiger partial charge in [0.1, 0.15) is 0 Å². The van der Waals surface area contributed by atoms with Crippen LogP contribution in [-0.2, 0) is 9.47 Å². The molecule has 1 unspecified atom stereocenters. The van der Waals surface area contributed by atoms with E-state index in [0.717, 1.165) is 45.9 Å². The smallest absolute Gasteiger partial charge is 0.0591 e. The highest BCUT2D eigenvalue weighted by Crippen LogP contribution is 2.10. The molecule has 0 bridgehead atoms. The Balaban J connectivity index is 1.77. The Morgan fingerprint density at radius 2 is 2.43 bits per heavy atom. The van der Waals surface area contributed by atoms with Gasteiger partial charge in [0.15, 0.2) is 0 Å². The summed E-state index contributed by atoms with van der Waals surface area (Å²) < 4.78 is 10.7. The zero-order chi connectivity index (χ0) is 10.1. The van der Waals surface area contributed by atoms with Crippen LogP contribution in [0.4, 0.5) is 0 Å². The van der Waals surface area contributed by atoms with Crippen LogP contribution < -0.4 is 5.32 Å². The minimum atomic E-state index is 0.711. The first kappa shape index (κ1) is 11.7. The van der Waals surface area contributed by atoms with Gasteiger partial charge in [0.05, 0.1) is 19.8 Å². The molecule has 1 aliphatic heterocycles. The molecule has 0 aromatic rings. The number of nitrogens with one attached hydrogen (secondary N) is 1. The van der Waals surface area contributed by atoms with E-state index in [-0.39, 0.29) is 0 Å². The Morgan fingerprint density at radius 3 is 3.14 bits per heavy atom. The van der Waals surface area contributed by atoms with Crippen LogP contribution in [0, 0.1) is 5.92 Å². The number of hydrogen-bond acceptors (Lipinski definition) is 3. The average Bonchev–Trinajstić information content (AvgIpc) is 2.69. The molecule has 1 rings (SSSR count). The van der Waals surface area contributed by atoms with E-state index >= 15 is 0 Å². The van der Waals surface area contributed by atoms with E-state index in [0.29, 0.717) is 5.92 Å². The Morgan fingerprint density at radius 1 is 1.50 bits per heavy atom. The third-order valence-corrected chi connectivity index (χ3v) is 2.35. The summed E-state index contributed by atoms with van der Waals surface area (Å²) in [5.74, 6) is 0.711. The standard InChI is InChI=1S/C11H21NO2/c1-2-3-6-13-8-5-12-9-11-4-7-14-10-11/h2,11-12H,1,3-10H2. The van der Waals surface area contributed by atoms with Crippen molar-refractivity contribution in [2.45, 2.75) is 12.8 Å². The summed E-state index contributed by atoms with van der Waals surface area (Å²) in [6.07, 6.45) is 4.02. The minimum absolute atomic E-state index is 0.711. The molecule has 1 fully saturated rings. The molecule has 14 heavy (non-hydrogen) atoms. The van der Waals surface area contributed by atoms with Crippen molar-refractivity contribution >= 4 is 0 Å². The molecular weight excluding hydrogens is 178 g/mol. The van der Waals surface area contributed by atoms with Crippen LogP contribution in [0.1, 0.15) is 12.8 Å². The molecule has 0 aromatic carbocycles. The van der Waals surface area contributed by atoms with Crippen LogP contribution in [0.3, 0.4) is 0 Å². The van der Waals surface area contributed by atoms with Gasteiger partial charge in [-0.3, -0.25) is 0 Å². The highest BCUT2D eigenvalue weighted by Gasteiger charge is 2.14. The normalized spacial score (nSPS) is 21.3. The lowest BCUT2D eigenvalue weighted by Crippen LogP contribution is -2.26. The Hall–Kier alpha value is -0.380. The summed E-state index contributed by atoms with van der Waals surface area (Å²) in [6.45, 7) is 9.07. The SMILES string of the molecule is C=CCCOCCNCC1CCOC1. The van der Waals surface area contributed by atoms with E-state index in [1.165, 1.54) is 6.42 Å². The molecule has 0 spiro atoms. The first-order valence-corrected chi connectivity index (χ1v) is 5.40. The Labute approximate surface area is 86.5 Å². The topological polar surface area (TPSA) is 30.5 Å². The number of hydrogen-bond donors (Lipinski definition) is 1. The van der Waals surface area contributed by atoms with Crippen LogP contribution >= 0.6 is 0 Å². The summed E-state index contributed by atoms with van der Waals surface area (Å²) in [6, 6.07) is 0. The molecule has 1 N–H and O–H groups in total. The van der Waals surface area contributed by atoms with Gasteiger partial charge in [-0.05, 0) is 18.8 Å². The van der Waals surface area contributed by atoms with Crippen molar-refractivity contribution in [2.75, 3.05) is 39.5 Å². The van der Waals surface area contributed by atoms with Gasteiger partial charge < -0.3 is 14.8 Å². The lowest BCUT2D eigenvalue weighted by molar-refractivity contribution is 0.138. The monoisotopic (exact) mass is 199 g/mol. The van der Waals surface area contributed by atoms with Crippen LogP contribution in [0.2, 0.25) is 0 Å². The van der Waals surface area contributed by atoms with Gasteiger partial charge in [0.25, 0.3) is 0 Å². The lowest BCUT2D eigenvalue weighted by Gasteiger charge is -2.09. The molecule has 0 radical (unpaired) electrons. The van der Waals surface area contributed by atoms with Crippen LogP contribution in [-0.4, -0.2) is 39.5 Å². The van der Waals surface area contributed by atoms with E-state index in [2.05, 4.69) is 11.9 Å². The maximum absolute atomic E-state index is 5.37. The van der Waals surface area contributed by atoms with E-state index in [4.69, 9.17) is 9.47 Å². The maximum Gasteiger partial charge on any atom is 0.0591 e. The molecule has 82 valence electrons. The van der Waals surface area contributed by atoms with Gasteiger partial charge in [-0.1, -0.05) is 6.08 Å². The molecule has 1 saturated heterocycles. The Bertz CT molecular complexity index is 144. The van der Waals surface area contributed by atoms with Crippen LogP contribution in [0.15, 0.2) is 12.7 Å². The second-order valence-electron chi connectivity index (χ2n) is 3.62. The zero-order valence-corrected chi connectivity index (χ0v) is 8.84. The molecule has 3 nitrogen and oxygen atoms in total. The molecule has 3 heteroatoms. The first-order chi connectivity index (χ1) is 6.93. The molecule has 0 aromatic heterocycles. The molecular formula is C11H21NO2. The minimum Gasteiger partial charge on any atom is -0.381 e. The molecule has 1 heterocycles. The molecule has 1 aliphatic rings. The van der Waals surface area contributed by atoms with Gasteiger partial charge in [-0.25, -0.2) is 0 Å². The van der Waals surface area contributed by atoms with E-state index in [1.54, 1.807) is 0 Å². The second kappa shape index (κ2) is 7.97. The van der Waals surface area contributed by atoms with Gasteiger partial charge in [0.2, 0.25) is 0 Å². The molecule has 0 amide bonds. The van der Waals surface area contributed by atoms with E-state index in [9.17, 15) is 0 Å². The number of ether oxygens (including phenoxy) is 2. The third-order valence-electron chi connectivity index (χ3n) is 2.35. The zero-order valence-electron chi connectivity index (χ0n) is 8.84. The van der Waals surface area contributed by atoms with Crippen molar-refractivity contribution in [3.63, 3.8) is 0 Å². The van der Waals surface area contributed by atoms with Crippen LogP contribution in [0.25, 0.3) is 0 Å². The summed E-state index contributed by atoms with van der Waals surface area (Å²) in [4.78, 5) is 0. The quantitative estimate of drug-likeness (QED) is 0.471. The van der Waals surface area contributed by atoms with Gasteiger partial charge in [-0.2, -0.15) is 0 Å².